The minimum Gasteiger partial charge on any atom is -0.393 e. The van der Waals surface area contributed by atoms with Crippen molar-refractivity contribution in [3.8, 4) is 0 Å². The molecule has 4 nitrogen and oxygen atoms in total. The second-order valence-electron chi connectivity index (χ2n) is 10.3. The lowest BCUT2D eigenvalue weighted by Crippen LogP contribution is -2.37. The van der Waals surface area contributed by atoms with Crippen molar-refractivity contribution in [2.45, 2.75) is 84.0 Å². The molecule has 3 N–H and O–H groups in total. The Hall–Kier alpha value is -1.23. The number of allylic oxidation sites excluding steroid dienone is 4. The monoisotopic (exact) mass is 400 g/mol. The number of hydrogen-bond donors (Lipinski definition) is 3. The van der Waals surface area contributed by atoms with Gasteiger partial charge in [0.25, 0.3) is 0 Å². The van der Waals surface area contributed by atoms with Crippen LogP contribution in [0.15, 0.2) is 34.9 Å². The molecule has 2 saturated carbocycles. The van der Waals surface area contributed by atoms with Crippen molar-refractivity contribution in [1.29, 1.82) is 0 Å². The van der Waals surface area contributed by atoms with E-state index in [0.717, 1.165) is 32.1 Å². The average Bonchev–Trinajstić information content (AvgIpc) is 2.80. The van der Waals surface area contributed by atoms with Crippen molar-refractivity contribution in [2.24, 2.45) is 29.1 Å². The largest absolute Gasteiger partial charge is 0.393 e. The molecule has 160 valence electrons. The van der Waals surface area contributed by atoms with E-state index in [1.807, 2.05) is 12.2 Å². The minimum atomic E-state index is -0.827. The first-order valence-corrected chi connectivity index (χ1v) is 11.4. The maximum Gasteiger partial charge on any atom is 0.159 e. The first kappa shape index (κ1) is 21.0. The zero-order chi connectivity index (χ0) is 20.9. The fourth-order valence-corrected chi connectivity index (χ4v) is 6.82. The molecule has 4 aliphatic rings. The van der Waals surface area contributed by atoms with Gasteiger partial charge in [0, 0.05) is 11.8 Å². The number of fused-ring (bicyclic) bond motifs is 6. The maximum absolute atomic E-state index is 13.0. The molecule has 0 saturated heterocycles. The molecule has 0 aromatic carbocycles. The van der Waals surface area contributed by atoms with Crippen LogP contribution in [0.1, 0.15) is 65.7 Å². The topological polar surface area (TPSA) is 77.8 Å². The van der Waals surface area contributed by atoms with E-state index in [2.05, 4.69) is 19.9 Å². The van der Waals surface area contributed by atoms with Gasteiger partial charge in [-0.25, -0.2) is 0 Å². The first-order valence-electron chi connectivity index (χ1n) is 11.4. The smallest absolute Gasteiger partial charge is 0.159 e. The summed E-state index contributed by atoms with van der Waals surface area (Å²) in [6, 6.07) is 0. The van der Waals surface area contributed by atoms with E-state index in [-0.39, 0.29) is 17.1 Å². The van der Waals surface area contributed by atoms with Gasteiger partial charge in [0.2, 0.25) is 0 Å². The van der Waals surface area contributed by atoms with Gasteiger partial charge >= 0.3 is 0 Å². The predicted molar refractivity (Wildman–Crippen MR) is 113 cm³/mol. The third-order valence-electron chi connectivity index (χ3n) is 8.44. The summed E-state index contributed by atoms with van der Waals surface area (Å²) in [6.07, 6.45) is 10.4. The summed E-state index contributed by atoms with van der Waals surface area (Å²) in [4.78, 5) is 13.0. The van der Waals surface area contributed by atoms with Crippen molar-refractivity contribution in [3.63, 3.8) is 0 Å². The van der Waals surface area contributed by atoms with E-state index in [1.165, 1.54) is 16.7 Å². The molecule has 2 bridgehead atoms. The number of aliphatic hydroxyl groups excluding tert-OH is 3. The SMILES string of the molecule is C/C(=C\[C@H](O)[C@@H](C)O)[C@H]1CC[C@H]2C3=CC(=O)[C@H]4CC(=CC[C@H](O)C4)[C@H]3CC[C@]12C. The second kappa shape index (κ2) is 7.79. The molecule has 2 fully saturated rings. The van der Waals surface area contributed by atoms with Crippen LogP contribution in [0.4, 0.5) is 0 Å². The highest BCUT2D eigenvalue weighted by atomic mass is 16.3. The fraction of sp³-hybridized carbons (Fsp3) is 0.720. The van der Waals surface area contributed by atoms with Crippen LogP contribution in [0.5, 0.6) is 0 Å². The second-order valence-corrected chi connectivity index (χ2v) is 10.3. The van der Waals surface area contributed by atoms with Gasteiger partial charge in [-0.05, 0) is 82.1 Å². The molecule has 0 spiro atoms. The van der Waals surface area contributed by atoms with Crippen LogP contribution >= 0.6 is 0 Å². The number of carbonyl (C=O) groups is 1. The van der Waals surface area contributed by atoms with Crippen LogP contribution < -0.4 is 0 Å². The molecule has 4 heteroatoms. The minimum absolute atomic E-state index is 0.0665. The number of ketones is 1. The summed E-state index contributed by atoms with van der Waals surface area (Å²) in [5.41, 5.74) is 3.97. The number of carbonyl (C=O) groups excluding carboxylic acids is 1. The van der Waals surface area contributed by atoms with E-state index in [9.17, 15) is 20.1 Å². The van der Waals surface area contributed by atoms with Crippen molar-refractivity contribution < 1.29 is 20.1 Å². The summed E-state index contributed by atoms with van der Waals surface area (Å²) in [5, 5.41) is 30.0. The van der Waals surface area contributed by atoms with Crippen LogP contribution in [-0.2, 0) is 4.79 Å². The Kier molecular flexibility index (Phi) is 5.65. The Balaban J connectivity index is 1.66. The van der Waals surface area contributed by atoms with Gasteiger partial charge in [0.05, 0.1) is 18.3 Å². The Bertz CT molecular complexity index is 761. The molecule has 8 atom stereocenters. The van der Waals surface area contributed by atoms with Crippen LogP contribution in [0.25, 0.3) is 0 Å². The normalized spacial score (nSPS) is 42.1. The predicted octanol–water partition coefficient (Wildman–Crippen LogP) is 3.71. The summed E-state index contributed by atoms with van der Waals surface area (Å²) < 4.78 is 0. The zero-order valence-corrected chi connectivity index (χ0v) is 18.0. The average molecular weight is 401 g/mol. The van der Waals surface area contributed by atoms with Crippen LogP contribution in [-0.4, -0.2) is 39.4 Å². The highest BCUT2D eigenvalue weighted by Gasteiger charge is 2.53. The van der Waals surface area contributed by atoms with Gasteiger partial charge in [-0.15, -0.1) is 0 Å². The molecule has 0 unspecified atom stereocenters. The number of rotatable bonds is 3. The first-order chi connectivity index (χ1) is 13.7. The third-order valence-corrected chi connectivity index (χ3v) is 8.44. The Morgan fingerprint density at radius 2 is 2.03 bits per heavy atom. The highest BCUT2D eigenvalue weighted by Crippen LogP contribution is 2.62. The van der Waals surface area contributed by atoms with Crippen LogP contribution in [0.3, 0.4) is 0 Å². The van der Waals surface area contributed by atoms with Crippen molar-refractivity contribution >= 4 is 5.78 Å². The van der Waals surface area contributed by atoms with Gasteiger partial charge in [-0.2, -0.15) is 0 Å². The Morgan fingerprint density at radius 3 is 2.76 bits per heavy atom. The van der Waals surface area contributed by atoms with Crippen LogP contribution in [0, 0.1) is 29.1 Å². The van der Waals surface area contributed by atoms with E-state index in [0.29, 0.717) is 30.6 Å². The van der Waals surface area contributed by atoms with E-state index >= 15 is 0 Å². The van der Waals surface area contributed by atoms with Gasteiger partial charge in [0.1, 0.15) is 0 Å². The molecule has 4 aliphatic carbocycles. The fourth-order valence-electron chi connectivity index (χ4n) is 6.82. The molecule has 4 rings (SSSR count). The molecule has 0 aromatic rings. The van der Waals surface area contributed by atoms with Gasteiger partial charge in [-0.3, -0.25) is 4.79 Å². The van der Waals surface area contributed by atoms with E-state index in [1.54, 1.807) is 6.92 Å². The molecular formula is C25H36O4. The van der Waals surface area contributed by atoms with Crippen molar-refractivity contribution in [2.75, 3.05) is 0 Å². The van der Waals surface area contributed by atoms with Gasteiger partial charge < -0.3 is 15.3 Å². The van der Waals surface area contributed by atoms with Crippen LogP contribution in [0.2, 0.25) is 0 Å². The lowest BCUT2D eigenvalue weighted by molar-refractivity contribution is -0.119. The lowest BCUT2D eigenvalue weighted by atomic mass is 9.58. The van der Waals surface area contributed by atoms with Crippen molar-refractivity contribution in [3.05, 3.63) is 34.9 Å². The molecule has 0 aromatic heterocycles. The Morgan fingerprint density at radius 1 is 1.28 bits per heavy atom. The highest BCUT2D eigenvalue weighted by molar-refractivity contribution is 5.93. The van der Waals surface area contributed by atoms with E-state index in [4.69, 9.17) is 0 Å². The quantitative estimate of drug-likeness (QED) is 0.631. The van der Waals surface area contributed by atoms with Crippen molar-refractivity contribution in [1.82, 2.24) is 0 Å². The molecule has 29 heavy (non-hydrogen) atoms. The number of aliphatic hydroxyl groups is 3. The summed E-state index contributed by atoms with van der Waals surface area (Å²) in [7, 11) is 0. The zero-order valence-electron chi connectivity index (χ0n) is 18.0. The molecule has 0 heterocycles. The molecule has 0 radical (unpaired) electrons. The summed E-state index contributed by atoms with van der Waals surface area (Å²) in [6.45, 7) is 6.07. The lowest BCUT2D eigenvalue weighted by Gasteiger charge is -2.46. The molecule has 0 amide bonds. The van der Waals surface area contributed by atoms with E-state index < -0.39 is 18.3 Å². The Labute approximate surface area is 174 Å². The maximum atomic E-state index is 13.0. The summed E-state index contributed by atoms with van der Waals surface area (Å²) in [5.74, 6) is 1.27. The van der Waals surface area contributed by atoms with Gasteiger partial charge in [0.15, 0.2) is 5.78 Å². The molecule has 0 aliphatic heterocycles. The third kappa shape index (κ3) is 3.68. The standard InChI is InChI=1S/C25H36O4/c1-14(10-23(28)15(2)26)21-6-7-22-20-13-24(29)17-11-16(4-5-18(27)12-17)19(20)8-9-25(21,22)3/h4,10,13,15,17-19,21-23,26-28H,5-9,11-12H2,1-3H3/b14-10+/t15-,17+,18+,19-,21-,22+,23+,25-/m1/s1. The molecular weight excluding hydrogens is 364 g/mol. The number of hydrogen-bond acceptors (Lipinski definition) is 4. The van der Waals surface area contributed by atoms with Gasteiger partial charge in [-0.1, -0.05) is 35.8 Å². The summed E-state index contributed by atoms with van der Waals surface area (Å²) >= 11 is 0.